The first-order valence-corrected chi connectivity index (χ1v) is 10.4. The second-order valence-electron chi connectivity index (χ2n) is 7.80. The molecule has 2 heterocycles. The van der Waals surface area contributed by atoms with Crippen LogP contribution in [-0.2, 0) is 9.59 Å². The van der Waals surface area contributed by atoms with Gasteiger partial charge in [-0.05, 0) is 36.9 Å². The summed E-state index contributed by atoms with van der Waals surface area (Å²) in [5.41, 5.74) is 1.12. The monoisotopic (exact) mass is 452 g/mol. The third kappa shape index (κ3) is 4.00. The van der Waals surface area contributed by atoms with Crippen molar-refractivity contribution in [3.05, 3.63) is 63.8 Å². The number of piperazine rings is 1. The molecule has 1 saturated heterocycles. The summed E-state index contributed by atoms with van der Waals surface area (Å²) in [5, 5.41) is 11.1. The topological polar surface area (TPSA) is 105 Å². The van der Waals surface area contributed by atoms with Gasteiger partial charge in [-0.1, -0.05) is 0 Å². The van der Waals surface area contributed by atoms with Gasteiger partial charge in [0.1, 0.15) is 17.2 Å². The lowest BCUT2D eigenvalue weighted by Crippen LogP contribution is -2.46. The molecule has 33 heavy (non-hydrogen) atoms. The Morgan fingerprint density at radius 2 is 1.58 bits per heavy atom. The van der Waals surface area contributed by atoms with Crippen LogP contribution in [0.1, 0.15) is 5.56 Å². The number of amides is 2. The van der Waals surface area contributed by atoms with Crippen molar-refractivity contribution in [2.45, 2.75) is 0 Å². The highest BCUT2D eigenvalue weighted by Gasteiger charge is 2.44. The summed E-state index contributed by atoms with van der Waals surface area (Å²) in [5.74, 6) is -0.171. The Morgan fingerprint density at radius 1 is 0.909 bits per heavy atom. The average molecular weight is 452 g/mol. The van der Waals surface area contributed by atoms with Crippen molar-refractivity contribution in [2.75, 3.05) is 52.3 Å². The van der Waals surface area contributed by atoms with Gasteiger partial charge in [-0.2, -0.15) is 0 Å². The molecule has 1 fully saturated rings. The second kappa shape index (κ2) is 8.91. The Hall–Kier alpha value is -3.92. The number of carbonyl (C=O) groups is 2. The van der Waals surface area contributed by atoms with E-state index in [1.807, 2.05) is 11.9 Å². The molecule has 2 amide bonds. The largest absolute Gasteiger partial charge is 0.497 e. The SMILES string of the molecule is COc1ccc(OC)c(N2C(=O)C(c3ccc([N+](=O)[O-])cc3)=C(N3CCN(C)CC3)C2=O)c1. The van der Waals surface area contributed by atoms with Crippen molar-refractivity contribution in [3.8, 4) is 11.5 Å². The van der Waals surface area contributed by atoms with Crippen molar-refractivity contribution in [3.63, 3.8) is 0 Å². The standard InChI is InChI=1S/C23H24N4O6/c1-24-10-12-25(13-11-24)21-20(15-4-6-16(7-5-15)27(30)31)22(28)26(23(21)29)18-14-17(32-2)8-9-19(18)33-3/h4-9,14H,10-13H2,1-3H3. The van der Waals surface area contributed by atoms with Crippen LogP contribution in [0.4, 0.5) is 11.4 Å². The van der Waals surface area contributed by atoms with Crippen LogP contribution in [0.25, 0.3) is 5.57 Å². The number of hydrogen-bond donors (Lipinski definition) is 0. The predicted octanol–water partition coefficient (Wildman–Crippen LogP) is 2.14. The van der Waals surface area contributed by atoms with Gasteiger partial charge in [0.15, 0.2) is 0 Å². The molecule has 2 aliphatic heterocycles. The molecular weight excluding hydrogens is 428 g/mol. The van der Waals surface area contributed by atoms with Crippen LogP contribution in [-0.4, -0.2) is 74.0 Å². The first-order chi connectivity index (χ1) is 15.8. The Bertz CT molecular complexity index is 1140. The van der Waals surface area contributed by atoms with Crippen LogP contribution < -0.4 is 14.4 Å². The number of hydrogen-bond acceptors (Lipinski definition) is 8. The molecule has 2 aliphatic rings. The molecule has 10 heteroatoms. The molecule has 0 atom stereocenters. The zero-order valence-corrected chi connectivity index (χ0v) is 18.6. The van der Waals surface area contributed by atoms with Crippen LogP contribution in [0.2, 0.25) is 0 Å². The number of imide groups is 1. The summed E-state index contributed by atoms with van der Waals surface area (Å²) >= 11 is 0. The molecule has 0 aromatic heterocycles. The molecule has 2 aromatic rings. The molecule has 0 N–H and O–H groups in total. The molecule has 2 aromatic carbocycles. The minimum absolute atomic E-state index is 0.0939. The molecule has 0 radical (unpaired) electrons. The van der Waals surface area contributed by atoms with E-state index in [2.05, 4.69) is 4.90 Å². The van der Waals surface area contributed by atoms with Crippen LogP contribution in [0.3, 0.4) is 0 Å². The van der Waals surface area contributed by atoms with E-state index in [9.17, 15) is 19.7 Å². The number of ether oxygens (including phenoxy) is 2. The number of likely N-dealkylation sites (N-methyl/N-ethyl adjacent to an activating group) is 1. The fraction of sp³-hybridized carbons (Fsp3) is 0.304. The van der Waals surface area contributed by atoms with Crippen LogP contribution >= 0.6 is 0 Å². The molecule has 10 nitrogen and oxygen atoms in total. The molecule has 0 bridgehead atoms. The Kier molecular flexibility index (Phi) is 6.01. The van der Waals surface area contributed by atoms with Gasteiger partial charge in [0.05, 0.1) is 30.4 Å². The van der Waals surface area contributed by atoms with Gasteiger partial charge in [-0.15, -0.1) is 0 Å². The first kappa shape index (κ1) is 22.3. The summed E-state index contributed by atoms with van der Waals surface area (Å²) in [6, 6.07) is 10.6. The maximum absolute atomic E-state index is 13.7. The average Bonchev–Trinajstić information content (AvgIpc) is 3.08. The fourth-order valence-electron chi connectivity index (χ4n) is 4.04. The van der Waals surface area contributed by atoms with Gasteiger partial charge in [0, 0.05) is 44.4 Å². The van der Waals surface area contributed by atoms with E-state index in [1.165, 1.54) is 38.5 Å². The fourth-order valence-corrected chi connectivity index (χ4v) is 4.04. The lowest BCUT2D eigenvalue weighted by atomic mass is 10.0. The zero-order valence-electron chi connectivity index (χ0n) is 18.6. The van der Waals surface area contributed by atoms with Crippen molar-refractivity contribution in [1.29, 1.82) is 0 Å². The molecule has 4 rings (SSSR count). The summed E-state index contributed by atoms with van der Waals surface area (Å²) < 4.78 is 10.7. The van der Waals surface area contributed by atoms with Crippen LogP contribution in [0, 0.1) is 10.1 Å². The Balaban J connectivity index is 1.84. The van der Waals surface area contributed by atoms with Crippen molar-refractivity contribution >= 4 is 28.8 Å². The number of methoxy groups -OCH3 is 2. The smallest absolute Gasteiger partial charge is 0.282 e. The number of nitro benzene ring substituents is 1. The molecular formula is C23H24N4O6. The number of rotatable bonds is 6. The minimum atomic E-state index is -0.519. The second-order valence-corrected chi connectivity index (χ2v) is 7.80. The number of nitro groups is 1. The lowest BCUT2D eigenvalue weighted by Gasteiger charge is -2.34. The van der Waals surface area contributed by atoms with E-state index >= 15 is 0 Å². The van der Waals surface area contributed by atoms with Gasteiger partial charge in [-0.3, -0.25) is 19.7 Å². The van der Waals surface area contributed by atoms with Crippen molar-refractivity contribution < 1.29 is 24.0 Å². The van der Waals surface area contributed by atoms with Gasteiger partial charge in [-0.25, -0.2) is 4.90 Å². The van der Waals surface area contributed by atoms with E-state index in [0.717, 1.165) is 18.0 Å². The number of nitrogens with zero attached hydrogens (tertiary/aromatic N) is 4. The quantitative estimate of drug-likeness (QED) is 0.373. The predicted molar refractivity (Wildman–Crippen MR) is 121 cm³/mol. The zero-order chi connectivity index (χ0) is 23.7. The van der Waals surface area contributed by atoms with E-state index in [1.54, 1.807) is 18.2 Å². The number of non-ortho nitro benzene ring substituents is 1. The van der Waals surface area contributed by atoms with Crippen LogP contribution in [0.15, 0.2) is 48.2 Å². The highest BCUT2D eigenvalue weighted by Crippen LogP contribution is 2.40. The van der Waals surface area contributed by atoms with E-state index < -0.39 is 16.7 Å². The van der Waals surface area contributed by atoms with Gasteiger partial charge in [0.2, 0.25) is 0 Å². The molecule has 172 valence electrons. The Labute approximate surface area is 190 Å². The van der Waals surface area contributed by atoms with Gasteiger partial charge >= 0.3 is 0 Å². The van der Waals surface area contributed by atoms with E-state index in [4.69, 9.17) is 9.47 Å². The third-order valence-electron chi connectivity index (χ3n) is 5.87. The van der Waals surface area contributed by atoms with E-state index in [0.29, 0.717) is 30.2 Å². The number of anilines is 1. The lowest BCUT2D eigenvalue weighted by molar-refractivity contribution is -0.384. The first-order valence-electron chi connectivity index (χ1n) is 10.4. The summed E-state index contributed by atoms with van der Waals surface area (Å²) in [4.78, 5) is 43.1. The van der Waals surface area contributed by atoms with E-state index in [-0.39, 0.29) is 22.6 Å². The molecule has 0 spiro atoms. The normalized spacial score (nSPS) is 17.1. The Morgan fingerprint density at radius 3 is 2.15 bits per heavy atom. The number of carbonyl (C=O) groups excluding carboxylic acids is 2. The highest BCUT2D eigenvalue weighted by molar-refractivity contribution is 6.45. The highest BCUT2D eigenvalue weighted by atomic mass is 16.6. The molecule has 0 saturated carbocycles. The van der Waals surface area contributed by atoms with Crippen molar-refractivity contribution in [2.24, 2.45) is 0 Å². The summed E-state index contributed by atoms with van der Waals surface area (Å²) in [6.07, 6.45) is 0. The summed E-state index contributed by atoms with van der Waals surface area (Å²) in [7, 11) is 4.95. The van der Waals surface area contributed by atoms with Crippen LogP contribution in [0.5, 0.6) is 11.5 Å². The summed E-state index contributed by atoms with van der Waals surface area (Å²) in [6.45, 7) is 2.62. The van der Waals surface area contributed by atoms with Gasteiger partial charge in [0.25, 0.3) is 17.5 Å². The minimum Gasteiger partial charge on any atom is -0.497 e. The molecule has 0 aliphatic carbocycles. The maximum atomic E-state index is 13.7. The molecule has 0 unspecified atom stereocenters. The van der Waals surface area contributed by atoms with Gasteiger partial charge < -0.3 is 19.3 Å². The maximum Gasteiger partial charge on any atom is 0.282 e. The third-order valence-corrected chi connectivity index (χ3v) is 5.87. The van der Waals surface area contributed by atoms with Crippen molar-refractivity contribution in [1.82, 2.24) is 9.80 Å². The number of benzene rings is 2.